The predicted molar refractivity (Wildman–Crippen MR) is 123 cm³/mol. The van der Waals surface area contributed by atoms with E-state index in [4.69, 9.17) is 9.72 Å². The third-order valence-corrected chi connectivity index (χ3v) is 6.38. The van der Waals surface area contributed by atoms with E-state index in [1.165, 1.54) is 0 Å². The molecule has 0 unspecified atom stereocenters. The first-order chi connectivity index (χ1) is 14.0. The molecule has 0 amide bonds. The van der Waals surface area contributed by atoms with E-state index in [1.54, 1.807) is 6.08 Å². The second kappa shape index (κ2) is 9.83. The van der Waals surface area contributed by atoms with Gasteiger partial charge in [0.1, 0.15) is 12.6 Å². The number of nitrogens with zero attached hydrogens (tertiary/aromatic N) is 2. The topological polar surface area (TPSA) is 47.3 Å². The number of benzene rings is 2. The summed E-state index contributed by atoms with van der Waals surface area (Å²) in [5.74, 6) is 0.782. The molecule has 4 nitrogen and oxygen atoms in total. The van der Waals surface area contributed by atoms with Crippen LogP contribution in [0.1, 0.15) is 5.82 Å². The Bertz CT molecular complexity index is 929. The van der Waals surface area contributed by atoms with Crippen molar-refractivity contribution in [2.45, 2.75) is 32.4 Å². The summed E-state index contributed by atoms with van der Waals surface area (Å²) in [6.07, 6.45) is 3.57. The van der Waals surface area contributed by atoms with Crippen molar-refractivity contribution in [1.29, 1.82) is 0 Å². The predicted octanol–water partition coefficient (Wildman–Crippen LogP) is 5.53. The number of aromatic nitrogens is 2. The lowest BCUT2D eigenvalue weighted by Gasteiger charge is -2.17. The summed E-state index contributed by atoms with van der Waals surface area (Å²) in [5.41, 5.74) is 4.10. The number of imidazole rings is 1. The van der Waals surface area contributed by atoms with E-state index in [-0.39, 0.29) is 6.61 Å². The van der Waals surface area contributed by atoms with E-state index >= 15 is 0 Å². The minimum absolute atomic E-state index is 0.0231. The van der Waals surface area contributed by atoms with Crippen LogP contribution in [0.4, 0.5) is 0 Å². The third-order valence-electron chi connectivity index (χ3n) is 4.68. The van der Waals surface area contributed by atoms with E-state index in [2.05, 4.69) is 48.5 Å². The number of ether oxygens (including phenoxy) is 1. The molecule has 0 atom stereocenters. The molecule has 0 aliphatic rings. The summed E-state index contributed by atoms with van der Waals surface area (Å²) in [5, 5.41) is 9.28. The highest BCUT2D eigenvalue weighted by molar-refractivity contribution is 6.76. The minimum atomic E-state index is -1.15. The Hall–Kier alpha value is -2.47. The van der Waals surface area contributed by atoms with Crippen LogP contribution in [0.2, 0.25) is 25.7 Å². The average molecular weight is 407 g/mol. The monoisotopic (exact) mass is 406 g/mol. The highest BCUT2D eigenvalue weighted by Crippen LogP contribution is 2.33. The summed E-state index contributed by atoms with van der Waals surface area (Å²) >= 11 is 0. The van der Waals surface area contributed by atoms with Crippen molar-refractivity contribution in [2.75, 3.05) is 13.2 Å². The third kappa shape index (κ3) is 5.76. The Morgan fingerprint density at radius 2 is 1.59 bits per heavy atom. The standard InChI is InChI=1S/C24H30N2O2Si/c1-29(2,3)18-17-28-19-26-22(15-10-16-27)25-23(20-11-6-4-7-12-20)24(26)21-13-8-5-9-14-21/h4-15,27H,16-19H2,1-3H3/b15-10+. The van der Waals surface area contributed by atoms with Crippen LogP contribution >= 0.6 is 0 Å². The van der Waals surface area contributed by atoms with Crippen molar-refractivity contribution in [1.82, 2.24) is 9.55 Å². The molecule has 0 radical (unpaired) electrons. The van der Waals surface area contributed by atoms with Gasteiger partial charge in [0.15, 0.2) is 0 Å². The van der Waals surface area contributed by atoms with Crippen molar-refractivity contribution in [2.24, 2.45) is 0 Å². The van der Waals surface area contributed by atoms with Gasteiger partial charge in [-0.25, -0.2) is 4.98 Å². The smallest absolute Gasteiger partial charge is 0.135 e. The molecule has 29 heavy (non-hydrogen) atoms. The van der Waals surface area contributed by atoms with Crippen LogP contribution < -0.4 is 0 Å². The first-order valence-electron chi connectivity index (χ1n) is 10.1. The van der Waals surface area contributed by atoms with E-state index in [9.17, 15) is 5.11 Å². The Morgan fingerprint density at radius 1 is 0.966 bits per heavy atom. The van der Waals surface area contributed by atoms with Gasteiger partial charge in [0.2, 0.25) is 0 Å². The largest absolute Gasteiger partial charge is 0.392 e. The van der Waals surface area contributed by atoms with Crippen molar-refractivity contribution >= 4 is 14.1 Å². The van der Waals surface area contributed by atoms with Crippen molar-refractivity contribution < 1.29 is 9.84 Å². The Balaban J connectivity index is 2.05. The van der Waals surface area contributed by atoms with Gasteiger partial charge in [-0.2, -0.15) is 0 Å². The van der Waals surface area contributed by atoms with Gasteiger partial charge in [-0.1, -0.05) is 86.4 Å². The molecular weight excluding hydrogens is 376 g/mol. The van der Waals surface area contributed by atoms with Gasteiger partial charge in [-0.3, -0.25) is 4.57 Å². The summed E-state index contributed by atoms with van der Waals surface area (Å²) in [4.78, 5) is 4.92. The van der Waals surface area contributed by atoms with E-state index in [1.807, 2.05) is 42.5 Å². The van der Waals surface area contributed by atoms with Gasteiger partial charge in [0, 0.05) is 25.8 Å². The molecule has 5 heteroatoms. The number of hydrogen-bond donors (Lipinski definition) is 1. The molecule has 0 saturated heterocycles. The molecule has 0 fully saturated rings. The highest BCUT2D eigenvalue weighted by Gasteiger charge is 2.19. The molecular formula is C24H30N2O2Si. The molecule has 0 bridgehead atoms. The number of hydrogen-bond acceptors (Lipinski definition) is 3. The lowest BCUT2D eigenvalue weighted by Crippen LogP contribution is -2.22. The molecule has 1 N–H and O–H groups in total. The maximum Gasteiger partial charge on any atom is 0.135 e. The molecule has 0 aliphatic carbocycles. The highest BCUT2D eigenvalue weighted by atomic mass is 28.3. The fourth-order valence-corrected chi connectivity index (χ4v) is 3.86. The van der Waals surface area contributed by atoms with E-state index < -0.39 is 8.07 Å². The second-order valence-corrected chi connectivity index (χ2v) is 13.9. The van der Waals surface area contributed by atoms with Gasteiger partial charge in [-0.05, 0) is 12.1 Å². The van der Waals surface area contributed by atoms with Crippen LogP contribution in [-0.2, 0) is 11.5 Å². The van der Waals surface area contributed by atoms with E-state index in [0.717, 1.165) is 41.0 Å². The van der Waals surface area contributed by atoms with Crippen LogP contribution in [0, 0.1) is 0 Å². The molecule has 152 valence electrons. The maximum absolute atomic E-state index is 9.28. The fraction of sp³-hybridized carbons (Fsp3) is 0.292. The molecule has 3 rings (SSSR count). The first kappa shape index (κ1) is 21.2. The zero-order valence-corrected chi connectivity index (χ0v) is 18.5. The SMILES string of the molecule is C[Si](C)(C)CCOCn1c(/C=C/CO)nc(-c2ccccc2)c1-c1ccccc1. The molecule has 3 aromatic rings. The lowest BCUT2D eigenvalue weighted by molar-refractivity contribution is 0.0878. The molecule has 0 saturated carbocycles. The van der Waals surface area contributed by atoms with Crippen LogP contribution in [0.3, 0.4) is 0 Å². The maximum atomic E-state index is 9.28. The molecule has 0 spiro atoms. The van der Waals surface area contributed by atoms with Crippen LogP contribution in [0.25, 0.3) is 28.6 Å². The van der Waals surface area contributed by atoms with Crippen LogP contribution in [0.5, 0.6) is 0 Å². The van der Waals surface area contributed by atoms with Gasteiger partial charge in [-0.15, -0.1) is 0 Å². The van der Waals surface area contributed by atoms with Gasteiger partial charge in [0.25, 0.3) is 0 Å². The van der Waals surface area contributed by atoms with Crippen molar-refractivity contribution in [3.8, 4) is 22.5 Å². The second-order valence-electron chi connectivity index (χ2n) is 8.26. The summed E-state index contributed by atoms with van der Waals surface area (Å²) in [7, 11) is -1.15. The number of aliphatic hydroxyl groups excluding tert-OH is 1. The zero-order chi connectivity index (χ0) is 20.7. The normalized spacial score (nSPS) is 12.0. The van der Waals surface area contributed by atoms with Gasteiger partial charge >= 0.3 is 0 Å². The number of aliphatic hydroxyl groups is 1. The van der Waals surface area contributed by atoms with Gasteiger partial charge in [0.05, 0.1) is 18.0 Å². The molecule has 1 aromatic heterocycles. The molecule has 0 aliphatic heterocycles. The van der Waals surface area contributed by atoms with E-state index in [0.29, 0.717) is 6.73 Å². The quantitative estimate of drug-likeness (QED) is 0.375. The zero-order valence-electron chi connectivity index (χ0n) is 17.5. The fourth-order valence-electron chi connectivity index (χ4n) is 3.11. The van der Waals surface area contributed by atoms with Crippen LogP contribution in [0.15, 0.2) is 66.7 Å². The Labute approximate surface area is 174 Å². The average Bonchev–Trinajstić information content (AvgIpc) is 3.08. The van der Waals surface area contributed by atoms with Crippen molar-refractivity contribution in [3.63, 3.8) is 0 Å². The Morgan fingerprint density at radius 3 is 2.17 bits per heavy atom. The van der Waals surface area contributed by atoms with Gasteiger partial charge < -0.3 is 9.84 Å². The van der Waals surface area contributed by atoms with Crippen molar-refractivity contribution in [3.05, 3.63) is 72.6 Å². The first-order valence-corrected chi connectivity index (χ1v) is 13.8. The minimum Gasteiger partial charge on any atom is -0.392 e. The summed E-state index contributed by atoms with van der Waals surface area (Å²) in [6.45, 7) is 8.21. The lowest BCUT2D eigenvalue weighted by atomic mass is 10.0. The number of rotatable bonds is 9. The molecule has 1 heterocycles. The van der Waals surface area contributed by atoms with Crippen LogP contribution in [-0.4, -0.2) is 35.9 Å². The molecule has 2 aromatic carbocycles. The Kier molecular flexibility index (Phi) is 7.20. The summed E-state index contributed by atoms with van der Waals surface area (Å²) < 4.78 is 8.19. The summed E-state index contributed by atoms with van der Waals surface area (Å²) in [6, 6.07) is 21.6.